The molecule has 1 aliphatic rings. The highest BCUT2D eigenvalue weighted by atomic mass is 16.1. The zero-order chi connectivity index (χ0) is 20.2. The molecule has 4 rings (SSSR count). The highest BCUT2D eigenvalue weighted by molar-refractivity contribution is 5.77. The van der Waals surface area contributed by atoms with Crippen molar-refractivity contribution in [3.05, 3.63) is 57.5 Å². The molecule has 0 aromatic carbocycles. The summed E-state index contributed by atoms with van der Waals surface area (Å²) in [6, 6.07) is 5.19. The van der Waals surface area contributed by atoms with E-state index in [9.17, 15) is 9.59 Å². The zero-order valence-electron chi connectivity index (χ0n) is 16.5. The standard InChI is InChI=1S/C20H25N7O2/c1-25-19(29)16-7-9-21-14-17(16)24-20(25)22-13-15-5-2-3-10-26(15)11-12-27-18(28)6-4-8-23-27/h4,6-9,14-15H,2-3,5,10-13H2,1H3,(H,22,24). The van der Waals surface area contributed by atoms with Crippen LogP contribution in [0, 0.1) is 0 Å². The van der Waals surface area contributed by atoms with Crippen LogP contribution in [0.25, 0.3) is 10.9 Å². The number of nitrogens with one attached hydrogen (secondary N) is 1. The Morgan fingerprint density at radius 3 is 2.93 bits per heavy atom. The van der Waals surface area contributed by atoms with E-state index in [0.29, 0.717) is 36.0 Å². The monoisotopic (exact) mass is 395 g/mol. The summed E-state index contributed by atoms with van der Waals surface area (Å²) in [5.41, 5.74) is 0.422. The third-order valence-corrected chi connectivity index (χ3v) is 5.51. The average molecular weight is 395 g/mol. The molecule has 29 heavy (non-hydrogen) atoms. The fourth-order valence-electron chi connectivity index (χ4n) is 3.85. The van der Waals surface area contributed by atoms with Crippen molar-refractivity contribution >= 4 is 16.9 Å². The molecule has 1 aliphatic heterocycles. The number of aromatic nitrogens is 5. The molecule has 1 atom stereocenters. The minimum absolute atomic E-state index is 0.0804. The topological polar surface area (TPSA) is 97.9 Å². The summed E-state index contributed by atoms with van der Waals surface area (Å²) in [6.45, 7) is 3.00. The van der Waals surface area contributed by atoms with Crippen LogP contribution in [-0.4, -0.2) is 54.9 Å². The van der Waals surface area contributed by atoms with Crippen molar-refractivity contribution in [1.29, 1.82) is 0 Å². The number of piperidine rings is 1. The number of anilines is 1. The summed E-state index contributed by atoms with van der Waals surface area (Å²) < 4.78 is 3.05. The van der Waals surface area contributed by atoms with E-state index in [1.165, 1.54) is 17.2 Å². The number of hydrogen-bond donors (Lipinski definition) is 1. The highest BCUT2D eigenvalue weighted by Gasteiger charge is 2.22. The molecule has 3 aromatic rings. The Kier molecular flexibility index (Phi) is 5.66. The van der Waals surface area contributed by atoms with Gasteiger partial charge in [-0.2, -0.15) is 5.10 Å². The summed E-state index contributed by atoms with van der Waals surface area (Å²) in [6.07, 6.45) is 8.22. The Morgan fingerprint density at radius 2 is 2.07 bits per heavy atom. The lowest BCUT2D eigenvalue weighted by Gasteiger charge is -2.36. The molecular weight excluding hydrogens is 370 g/mol. The van der Waals surface area contributed by atoms with E-state index < -0.39 is 0 Å². The van der Waals surface area contributed by atoms with Crippen molar-refractivity contribution in [3.8, 4) is 0 Å². The number of rotatable bonds is 6. The van der Waals surface area contributed by atoms with Gasteiger partial charge in [0.05, 0.1) is 23.6 Å². The second-order valence-electron chi connectivity index (χ2n) is 7.34. The van der Waals surface area contributed by atoms with E-state index in [-0.39, 0.29) is 11.1 Å². The Bertz CT molecular complexity index is 1110. The first kappa shape index (κ1) is 19.3. The number of fused-ring (bicyclic) bond motifs is 1. The van der Waals surface area contributed by atoms with Crippen molar-refractivity contribution in [2.45, 2.75) is 31.8 Å². The summed E-state index contributed by atoms with van der Waals surface area (Å²) >= 11 is 0. The van der Waals surface area contributed by atoms with Crippen LogP contribution in [0.4, 0.5) is 5.95 Å². The molecule has 1 fully saturated rings. The van der Waals surface area contributed by atoms with E-state index in [0.717, 1.165) is 25.9 Å². The second-order valence-corrected chi connectivity index (χ2v) is 7.34. The SMILES string of the molecule is Cn1c(NCC2CCCCN2CCn2ncccc2=O)nc2cnccc2c1=O. The van der Waals surface area contributed by atoms with Gasteiger partial charge in [-0.15, -0.1) is 0 Å². The number of nitrogens with zero attached hydrogens (tertiary/aromatic N) is 6. The fraction of sp³-hybridized carbons (Fsp3) is 0.450. The largest absolute Gasteiger partial charge is 0.354 e. The van der Waals surface area contributed by atoms with Crippen molar-refractivity contribution in [3.63, 3.8) is 0 Å². The second kappa shape index (κ2) is 8.52. The van der Waals surface area contributed by atoms with Gasteiger partial charge in [-0.25, -0.2) is 9.67 Å². The molecule has 152 valence electrons. The normalized spacial score (nSPS) is 17.5. The van der Waals surface area contributed by atoms with Gasteiger partial charge >= 0.3 is 0 Å². The van der Waals surface area contributed by atoms with Gasteiger partial charge in [-0.3, -0.25) is 24.0 Å². The van der Waals surface area contributed by atoms with Crippen molar-refractivity contribution in [1.82, 2.24) is 29.2 Å². The molecule has 1 saturated heterocycles. The Morgan fingerprint density at radius 1 is 1.17 bits per heavy atom. The van der Waals surface area contributed by atoms with Gasteiger partial charge in [0.1, 0.15) is 0 Å². The van der Waals surface area contributed by atoms with Crippen LogP contribution in [0.2, 0.25) is 0 Å². The zero-order valence-corrected chi connectivity index (χ0v) is 16.5. The van der Waals surface area contributed by atoms with Crippen LogP contribution in [-0.2, 0) is 13.6 Å². The first-order valence-electron chi connectivity index (χ1n) is 9.94. The van der Waals surface area contributed by atoms with Gasteiger partial charge in [-0.05, 0) is 31.5 Å². The van der Waals surface area contributed by atoms with Crippen LogP contribution >= 0.6 is 0 Å². The Balaban J connectivity index is 1.45. The highest BCUT2D eigenvalue weighted by Crippen LogP contribution is 2.18. The lowest BCUT2D eigenvalue weighted by molar-refractivity contribution is 0.148. The third kappa shape index (κ3) is 4.19. The first-order chi connectivity index (χ1) is 14.1. The quantitative estimate of drug-likeness (QED) is 0.661. The van der Waals surface area contributed by atoms with Crippen molar-refractivity contribution in [2.75, 3.05) is 25.0 Å². The van der Waals surface area contributed by atoms with E-state index in [1.807, 2.05) is 0 Å². The Labute approximate surface area is 168 Å². The van der Waals surface area contributed by atoms with E-state index in [2.05, 4.69) is 25.3 Å². The molecule has 0 saturated carbocycles. The molecule has 0 bridgehead atoms. The van der Waals surface area contributed by atoms with Crippen LogP contribution in [0.1, 0.15) is 19.3 Å². The van der Waals surface area contributed by atoms with E-state index in [4.69, 9.17) is 0 Å². The summed E-state index contributed by atoms with van der Waals surface area (Å²) in [5.74, 6) is 0.543. The Hall–Kier alpha value is -3.07. The summed E-state index contributed by atoms with van der Waals surface area (Å²) in [4.78, 5) is 35.5. The number of pyridine rings is 1. The number of hydrogen-bond acceptors (Lipinski definition) is 7. The maximum atomic E-state index is 12.6. The lowest BCUT2D eigenvalue weighted by Crippen LogP contribution is -2.46. The molecule has 9 nitrogen and oxygen atoms in total. The summed E-state index contributed by atoms with van der Waals surface area (Å²) in [5, 5.41) is 8.06. The van der Waals surface area contributed by atoms with Crippen LogP contribution in [0.15, 0.2) is 46.4 Å². The van der Waals surface area contributed by atoms with Gasteiger partial charge < -0.3 is 5.32 Å². The summed E-state index contributed by atoms with van der Waals surface area (Å²) in [7, 11) is 1.73. The molecule has 0 radical (unpaired) electrons. The van der Waals surface area contributed by atoms with Crippen LogP contribution in [0.3, 0.4) is 0 Å². The molecule has 1 unspecified atom stereocenters. The third-order valence-electron chi connectivity index (χ3n) is 5.51. The van der Waals surface area contributed by atoms with Gasteiger partial charge in [0.15, 0.2) is 0 Å². The maximum Gasteiger partial charge on any atom is 0.266 e. The lowest BCUT2D eigenvalue weighted by atomic mass is 10.0. The van der Waals surface area contributed by atoms with E-state index >= 15 is 0 Å². The molecule has 0 amide bonds. The predicted octanol–water partition coefficient (Wildman–Crippen LogP) is 0.852. The minimum Gasteiger partial charge on any atom is -0.354 e. The maximum absolute atomic E-state index is 12.6. The van der Waals surface area contributed by atoms with Gasteiger partial charge in [0.2, 0.25) is 5.95 Å². The van der Waals surface area contributed by atoms with Crippen molar-refractivity contribution < 1.29 is 0 Å². The fourth-order valence-corrected chi connectivity index (χ4v) is 3.85. The van der Waals surface area contributed by atoms with Crippen LogP contribution < -0.4 is 16.4 Å². The molecule has 1 N–H and O–H groups in total. The molecule has 3 aromatic heterocycles. The minimum atomic E-state index is -0.0880. The molecule has 0 spiro atoms. The molecule has 4 heterocycles. The van der Waals surface area contributed by atoms with Crippen molar-refractivity contribution in [2.24, 2.45) is 7.05 Å². The van der Waals surface area contributed by atoms with E-state index in [1.54, 1.807) is 42.3 Å². The van der Waals surface area contributed by atoms with Gasteiger partial charge in [-0.1, -0.05) is 6.42 Å². The molecule has 0 aliphatic carbocycles. The predicted molar refractivity (Wildman–Crippen MR) is 111 cm³/mol. The smallest absolute Gasteiger partial charge is 0.266 e. The number of likely N-dealkylation sites (tertiary alicyclic amines) is 1. The molecular formula is C20H25N7O2. The first-order valence-corrected chi connectivity index (χ1v) is 9.94. The van der Waals surface area contributed by atoms with Gasteiger partial charge in [0.25, 0.3) is 11.1 Å². The van der Waals surface area contributed by atoms with Gasteiger partial charge in [0, 0.05) is 44.6 Å². The van der Waals surface area contributed by atoms with Crippen LogP contribution in [0.5, 0.6) is 0 Å². The molecule has 9 heteroatoms. The average Bonchev–Trinajstić information content (AvgIpc) is 2.75.